The molecule has 1 aromatic rings. The fourth-order valence-electron chi connectivity index (χ4n) is 2.67. The SMILES string of the molecule is CCCCN(C(=O)CC(=O)OC)C1=Cc2ccccc2CC1. The van der Waals surface area contributed by atoms with Crippen LogP contribution < -0.4 is 0 Å². The molecule has 1 aromatic carbocycles. The van der Waals surface area contributed by atoms with Crippen molar-refractivity contribution in [2.75, 3.05) is 13.7 Å². The van der Waals surface area contributed by atoms with Gasteiger partial charge >= 0.3 is 5.97 Å². The molecule has 0 N–H and O–H groups in total. The molecule has 0 aromatic heterocycles. The average Bonchev–Trinajstić information content (AvgIpc) is 2.55. The molecular weight excluding hydrogens is 278 g/mol. The van der Waals surface area contributed by atoms with E-state index in [-0.39, 0.29) is 12.3 Å². The summed E-state index contributed by atoms with van der Waals surface area (Å²) in [5.74, 6) is -0.658. The molecule has 0 fully saturated rings. The maximum absolute atomic E-state index is 12.4. The maximum atomic E-state index is 12.4. The lowest BCUT2D eigenvalue weighted by Crippen LogP contribution is -2.33. The number of hydrogen-bond acceptors (Lipinski definition) is 3. The predicted octanol–water partition coefficient (Wildman–Crippen LogP) is 3.17. The van der Waals surface area contributed by atoms with Crippen molar-refractivity contribution in [2.45, 2.75) is 39.0 Å². The van der Waals surface area contributed by atoms with E-state index in [1.165, 1.54) is 12.7 Å². The van der Waals surface area contributed by atoms with Gasteiger partial charge in [0.2, 0.25) is 5.91 Å². The van der Waals surface area contributed by atoms with Crippen molar-refractivity contribution in [2.24, 2.45) is 0 Å². The molecule has 4 heteroatoms. The lowest BCUT2D eigenvalue weighted by Gasteiger charge is -2.28. The van der Waals surface area contributed by atoms with Gasteiger partial charge in [-0.2, -0.15) is 0 Å². The van der Waals surface area contributed by atoms with E-state index in [0.717, 1.165) is 36.9 Å². The zero-order valence-corrected chi connectivity index (χ0v) is 13.3. The third-order valence-electron chi connectivity index (χ3n) is 3.93. The van der Waals surface area contributed by atoms with Gasteiger partial charge in [0.05, 0.1) is 7.11 Å². The number of carbonyl (C=O) groups excluding carboxylic acids is 2. The predicted molar refractivity (Wildman–Crippen MR) is 86.0 cm³/mol. The van der Waals surface area contributed by atoms with Gasteiger partial charge < -0.3 is 9.64 Å². The number of aryl methyl sites for hydroxylation is 1. The summed E-state index contributed by atoms with van der Waals surface area (Å²) in [5, 5.41) is 0. The Morgan fingerprint density at radius 1 is 1.23 bits per heavy atom. The molecule has 1 amide bonds. The van der Waals surface area contributed by atoms with Crippen LogP contribution in [0.2, 0.25) is 0 Å². The highest BCUT2D eigenvalue weighted by atomic mass is 16.5. The van der Waals surface area contributed by atoms with E-state index in [2.05, 4.69) is 29.9 Å². The number of benzene rings is 1. The van der Waals surface area contributed by atoms with Gasteiger partial charge in [-0.3, -0.25) is 9.59 Å². The number of methoxy groups -OCH3 is 1. The number of rotatable bonds is 6. The van der Waals surface area contributed by atoms with Crippen molar-refractivity contribution in [1.29, 1.82) is 0 Å². The van der Waals surface area contributed by atoms with Crippen LogP contribution in [-0.4, -0.2) is 30.4 Å². The van der Waals surface area contributed by atoms with Gasteiger partial charge in [0, 0.05) is 12.2 Å². The Hall–Kier alpha value is -2.10. The molecule has 0 aliphatic heterocycles. The van der Waals surface area contributed by atoms with E-state index in [1.807, 2.05) is 12.1 Å². The smallest absolute Gasteiger partial charge is 0.315 e. The van der Waals surface area contributed by atoms with Gasteiger partial charge in [0.1, 0.15) is 6.42 Å². The van der Waals surface area contributed by atoms with E-state index in [0.29, 0.717) is 6.54 Å². The number of fused-ring (bicyclic) bond motifs is 1. The van der Waals surface area contributed by atoms with Crippen molar-refractivity contribution in [1.82, 2.24) is 4.90 Å². The first kappa shape index (κ1) is 16.3. The number of ether oxygens (including phenoxy) is 1. The van der Waals surface area contributed by atoms with Crippen molar-refractivity contribution in [3.05, 3.63) is 41.1 Å². The Bertz CT molecular complexity index is 577. The van der Waals surface area contributed by atoms with Crippen molar-refractivity contribution in [3.8, 4) is 0 Å². The zero-order valence-electron chi connectivity index (χ0n) is 13.3. The number of amides is 1. The van der Waals surface area contributed by atoms with Crippen LogP contribution in [0.3, 0.4) is 0 Å². The van der Waals surface area contributed by atoms with Gasteiger partial charge in [-0.25, -0.2) is 0 Å². The minimum atomic E-state index is -0.483. The number of carbonyl (C=O) groups is 2. The Morgan fingerprint density at radius 3 is 2.73 bits per heavy atom. The summed E-state index contributed by atoms with van der Waals surface area (Å²) < 4.78 is 4.61. The van der Waals surface area contributed by atoms with E-state index >= 15 is 0 Å². The van der Waals surface area contributed by atoms with Gasteiger partial charge in [0.25, 0.3) is 0 Å². The molecule has 0 spiro atoms. The van der Waals surface area contributed by atoms with Crippen LogP contribution in [0.15, 0.2) is 30.0 Å². The molecule has 1 aliphatic carbocycles. The first-order valence-electron chi connectivity index (χ1n) is 7.81. The van der Waals surface area contributed by atoms with Crippen molar-refractivity contribution >= 4 is 18.0 Å². The average molecular weight is 301 g/mol. The number of unbranched alkanes of at least 4 members (excludes halogenated alkanes) is 1. The molecule has 1 aliphatic rings. The molecule has 22 heavy (non-hydrogen) atoms. The molecule has 0 heterocycles. The molecule has 4 nitrogen and oxygen atoms in total. The quantitative estimate of drug-likeness (QED) is 0.599. The van der Waals surface area contributed by atoms with Crippen LogP contribution in [-0.2, 0) is 20.7 Å². The van der Waals surface area contributed by atoms with Gasteiger partial charge in [-0.05, 0) is 36.5 Å². The summed E-state index contributed by atoms with van der Waals surface area (Å²) in [5.41, 5.74) is 3.47. The third-order valence-corrected chi connectivity index (χ3v) is 3.93. The maximum Gasteiger partial charge on any atom is 0.315 e. The normalized spacial score (nSPS) is 13.1. The highest BCUT2D eigenvalue weighted by Gasteiger charge is 2.22. The number of nitrogens with zero attached hydrogens (tertiary/aromatic N) is 1. The first-order chi connectivity index (χ1) is 10.7. The Balaban J connectivity index is 2.20. The van der Waals surface area contributed by atoms with Crippen LogP contribution in [0.25, 0.3) is 6.08 Å². The second kappa shape index (κ2) is 7.78. The Labute approximate surface area is 131 Å². The van der Waals surface area contributed by atoms with Gasteiger partial charge in [0.15, 0.2) is 0 Å². The van der Waals surface area contributed by atoms with Crippen molar-refractivity contribution in [3.63, 3.8) is 0 Å². The lowest BCUT2D eigenvalue weighted by molar-refractivity contribution is -0.146. The summed E-state index contributed by atoms with van der Waals surface area (Å²) in [6, 6.07) is 8.23. The summed E-state index contributed by atoms with van der Waals surface area (Å²) >= 11 is 0. The fraction of sp³-hybridized carbons (Fsp3) is 0.444. The Kier molecular flexibility index (Phi) is 5.75. The molecule has 0 saturated carbocycles. The first-order valence-corrected chi connectivity index (χ1v) is 7.81. The van der Waals surface area contributed by atoms with E-state index in [1.54, 1.807) is 4.90 Å². The molecule has 2 rings (SSSR count). The fourth-order valence-corrected chi connectivity index (χ4v) is 2.67. The number of esters is 1. The second-order valence-corrected chi connectivity index (χ2v) is 5.49. The molecule has 0 bridgehead atoms. The monoisotopic (exact) mass is 301 g/mol. The standard InChI is InChI=1S/C18H23NO3/c1-3-4-11-19(17(20)13-18(21)22-2)16-10-9-14-7-5-6-8-15(14)12-16/h5-8,12H,3-4,9-11,13H2,1-2H3. The van der Waals surface area contributed by atoms with Crippen LogP contribution in [0.5, 0.6) is 0 Å². The highest BCUT2D eigenvalue weighted by Crippen LogP contribution is 2.26. The minimum Gasteiger partial charge on any atom is -0.469 e. The summed E-state index contributed by atoms with van der Waals surface area (Å²) in [6.07, 6.45) is 5.56. The minimum absolute atomic E-state index is 0.175. The zero-order chi connectivity index (χ0) is 15.9. The molecule has 0 unspecified atom stereocenters. The highest BCUT2D eigenvalue weighted by molar-refractivity contribution is 5.95. The third kappa shape index (κ3) is 3.97. The topological polar surface area (TPSA) is 46.6 Å². The van der Waals surface area contributed by atoms with E-state index in [9.17, 15) is 9.59 Å². The molecular formula is C18H23NO3. The van der Waals surface area contributed by atoms with E-state index < -0.39 is 5.97 Å². The van der Waals surface area contributed by atoms with Gasteiger partial charge in [-0.1, -0.05) is 37.6 Å². The molecule has 0 atom stereocenters. The molecule has 118 valence electrons. The van der Waals surface area contributed by atoms with Crippen LogP contribution in [0, 0.1) is 0 Å². The van der Waals surface area contributed by atoms with Gasteiger partial charge in [-0.15, -0.1) is 0 Å². The largest absolute Gasteiger partial charge is 0.469 e. The van der Waals surface area contributed by atoms with Crippen LogP contribution in [0.4, 0.5) is 0 Å². The Morgan fingerprint density at radius 2 is 2.00 bits per heavy atom. The summed E-state index contributed by atoms with van der Waals surface area (Å²) in [4.78, 5) is 25.6. The van der Waals surface area contributed by atoms with Crippen LogP contribution in [0.1, 0.15) is 43.7 Å². The lowest BCUT2D eigenvalue weighted by atomic mass is 9.94. The van der Waals surface area contributed by atoms with Crippen LogP contribution >= 0.6 is 0 Å². The summed E-state index contributed by atoms with van der Waals surface area (Å²) in [6.45, 7) is 2.74. The second-order valence-electron chi connectivity index (χ2n) is 5.49. The van der Waals surface area contributed by atoms with Crippen molar-refractivity contribution < 1.29 is 14.3 Å². The molecule has 0 saturated heterocycles. The number of allylic oxidation sites excluding steroid dienone is 1. The number of hydrogen-bond donors (Lipinski definition) is 0. The molecule has 0 radical (unpaired) electrons. The van der Waals surface area contributed by atoms with E-state index in [4.69, 9.17) is 0 Å². The summed E-state index contributed by atoms with van der Waals surface area (Å²) in [7, 11) is 1.31.